The number of nitrogens with zero attached hydrogens (tertiary/aromatic N) is 3. The molecule has 23 heavy (non-hydrogen) atoms. The molecule has 1 saturated heterocycles. The van der Waals surface area contributed by atoms with Crippen LogP contribution in [0.25, 0.3) is 0 Å². The molecular formula is C17H22N4OS. The highest BCUT2D eigenvalue weighted by molar-refractivity contribution is 7.09. The van der Waals surface area contributed by atoms with E-state index in [0.29, 0.717) is 5.82 Å². The van der Waals surface area contributed by atoms with Crippen molar-refractivity contribution in [2.24, 2.45) is 5.92 Å². The molecule has 1 aliphatic heterocycles. The number of thiazole rings is 1. The Balaban J connectivity index is 1.59. The summed E-state index contributed by atoms with van der Waals surface area (Å²) in [7, 11) is 0. The highest BCUT2D eigenvalue weighted by Gasteiger charge is 2.26. The van der Waals surface area contributed by atoms with Gasteiger partial charge in [-0.25, -0.2) is 9.97 Å². The third-order valence-electron chi connectivity index (χ3n) is 4.23. The number of piperidine rings is 1. The van der Waals surface area contributed by atoms with Gasteiger partial charge in [-0.2, -0.15) is 0 Å². The summed E-state index contributed by atoms with van der Waals surface area (Å²) < 4.78 is 0. The molecule has 122 valence electrons. The zero-order valence-corrected chi connectivity index (χ0v) is 14.4. The Morgan fingerprint density at radius 2 is 2.30 bits per heavy atom. The van der Waals surface area contributed by atoms with E-state index >= 15 is 0 Å². The predicted octanol–water partition coefficient (Wildman–Crippen LogP) is 3.01. The van der Waals surface area contributed by atoms with Gasteiger partial charge in [0.2, 0.25) is 5.91 Å². The van der Waals surface area contributed by atoms with Crippen LogP contribution < -0.4 is 5.32 Å². The van der Waals surface area contributed by atoms with Crippen molar-refractivity contribution in [1.29, 1.82) is 0 Å². The van der Waals surface area contributed by atoms with E-state index < -0.39 is 0 Å². The van der Waals surface area contributed by atoms with Crippen LogP contribution in [-0.4, -0.2) is 33.9 Å². The van der Waals surface area contributed by atoms with Crippen molar-refractivity contribution in [3.05, 3.63) is 40.0 Å². The standard InChI is InChI=1S/C17H22N4OS/c1-12-5-3-7-16(19-12)20-17(22)14-6-4-8-21(9-14)10-15-13(2)18-11-23-15/h3,5,7,11,14H,4,6,8-10H2,1-2H3,(H,19,20,22). The van der Waals surface area contributed by atoms with Gasteiger partial charge in [-0.3, -0.25) is 9.69 Å². The fraction of sp³-hybridized carbons (Fsp3) is 0.471. The lowest BCUT2D eigenvalue weighted by Crippen LogP contribution is -2.40. The minimum Gasteiger partial charge on any atom is -0.310 e. The van der Waals surface area contributed by atoms with Crippen molar-refractivity contribution < 1.29 is 4.79 Å². The highest BCUT2D eigenvalue weighted by Crippen LogP contribution is 2.22. The molecular weight excluding hydrogens is 308 g/mol. The fourth-order valence-electron chi connectivity index (χ4n) is 2.94. The SMILES string of the molecule is Cc1cccc(NC(=O)C2CCCN(Cc3scnc3C)C2)n1. The molecule has 1 amide bonds. The lowest BCUT2D eigenvalue weighted by atomic mass is 9.97. The Morgan fingerprint density at radius 3 is 3.04 bits per heavy atom. The van der Waals surface area contributed by atoms with E-state index in [1.807, 2.05) is 37.6 Å². The number of nitrogens with one attached hydrogen (secondary N) is 1. The quantitative estimate of drug-likeness (QED) is 0.936. The van der Waals surface area contributed by atoms with E-state index in [4.69, 9.17) is 0 Å². The van der Waals surface area contributed by atoms with E-state index in [1.54, 1.807) is 11.3 Å². The second-order valence-corrected chi connectivity index (χ2v) is 7.03. The van der Waals surface area contributed by atoms with E-state index in [1.165, 1.54) is 4.88 Å². The molecule has 3 heterocycles. The molecule has 1 atom stereocenters. The Bertz CT molecular complexity index is 685. The molecule has 1 unspecified atom stereocenters. The van der Waals surface area contributed by atoms with Gasteiger partial charge in [0.1, 0.15) is 5.82 Å². The first kappa shape index (κ1) is 16.1. The highest BCUT2D eigenvalue weighted by atomic mass is 32.1. The minimum atomic E-state index is 0.0271. The van der Waals surface area contributed by atoms with Crippen molar-refractivity contribution in [3.63, 3.8) is 0 Å². The molecule has 2 aromatic rings. The van der Waals surface area contributed by atoms with E-state index in [2.05, 4.69) is 20.2 Å². The molecule has 0 aromatic carbocycles. The van der Waals surface area contributed by atoms with E-state index in [0.717, 1.165) is 43.9 Å². The number of amides is 1. The number of hydrogen-bond donors (Lipinski definition) is 1. The zero-order chi connectivity index (χ0) is 16.2. The summed E-state index contributed by atoms with van der Waals surface area (Å²) in [5.74, 6) is 0.749. The van der Waals surface area contributed by atoms with Crippen molar-refractivity contribution >= 4 is 23.1 Å². The molecule has 5 nitrogen and oxygen atoms in total. The molecule has 1 aliphatic rings. The van der Waals surface area contributed by atoms with Crippen molar-refractivity contribution in [3.8, 4) is 0 Å². The summed E-state index contributed by atoms with van der Waals surface area (Å²) in [6, 6.07) is 5.68. The summed E-state index contributed by atoms with van der Waals surface area (Å²) in [4.78, 5) is 24.8. The topological polar surface area (TPSA) is 58.1 Å². The van der Waals surface area contributed by atoms with Gasteiger partial charge < -0.3 is 5.32 Å². The molecule has 0 aliphatic carbocycles. The van der Waals surface area contributed by atoms with Crippen LogP contribution in [0.2, 0.25) is 0 Å². The lowest BCUT2D eigenvalue weighted by Gasteiger charge is -2.31. The first-order chi connectivity index (χ1) is 11.1. The Morgan fingerprint density at radius 1 is 1.43 bits per heavy atom. The Labute approximate surface area is 140 Å². The minimum absolute atomic E-state index is 0.0271. The van der Waals surface area contributed by atoms with Crippen LogP contribution in [0.15, 0.2) is 23.7 Å². The summed E-state index contributed by atoms with van der Waals surface area (Å²) in [6.07, 6.45) is 1.99. The van der Waals surface area contributed by atoms with Crippen LogP contribution >= 0.6 is 11.3 Å². The summed E-state index contributed by atoms with van der Waals surface area (Å²) in [5.41, 5.74) is 3.90. The maximum absolute atomic E-state index is 12.5. The Kier molecular flexibility index (Phi) is 5.03. The van der Waals surface area contributed by atoms with E-state index in [9.17, 15) is 4.79 Å². The first-order valence-electron chi connectivity index (χ1n) is 7.97. The fourth-order valence-corrected chi connectivity index (χ4v) is 3.75. The van der Waals surface area contributed by atoms with Gasteiger partial charge >= 0.3 is 0 Å². The number of anilines is 1. The number of likely N-dealkylation sites (tertiary alicyclic amines) is 1. The largest absolute Gasteiger partial charge is 0.310 e. The molecule has 6 heteroatoms. The summed E-state index contributed by atoms with van der Waals surface area (Å²) in [6.45, 7) is 6.71. The summed E-state index contributed by atoms with van der Waals surface area (Å²) >= 11 is 1.69. The molecule has 3 rings (SSSR count). The van der Waals surface area contributed by atoms with Gasteiger partial charge in [0.15, 0.2) is 0 Å². The van der Waals surface area contributed by atoms with Crippen LogP contribution in [0.5, 0.6) is 0 Å². The van der Waals surface area contributed by atoms with Crippen LogP contribution in [0.3, 0.4) is 0 Å². The number of aromatic nitrogens is 2. The number of pyridine rings is 1. The van der Waals surface area contributed by atoms with Crippen molar-refractivity contribution in [1.82, 2.24) is 14.9 Å². The number of rotatable bonds is 4. The molecule has 0 bridgehead atoms. The summed E-state index contributed by atoms with van der Waals surface area (Å²) in [5, 5.41) is 2.96. The third kappa shape index (κ3) is 4.14. The number of carbonyl (C=O) groups is 1. The third-order valence-corrected chi connectivity index (χ3v) is 5.15. The van der Waals surface area contributed by atoms with Gasteiger partial charge in [0, 0.05) is 23.7 Å². The molecule has 1 N–H and O–H groups in total. The first-order valence-corrected chi connectivity index (χ1v) is 8.85. The van der Waals surface area contributed by atoms with Gasteiger partial charge in [-0.05, 0) is 45.4 Å². The van der Waals surface area contributed by atoms with Crippen LogP contribution in [0.1, 0.15) is 29.1 Å². The van der Waals surface area contributed by atoms with Gasteiger partial charge in [-0.15, -0.1) is 11.3 Å². The van der Waals surface area contributed by atoms with Crippen LogP contribution in [0.4, 0.5) is 5.82 Å². The Hall–Kier alpha value is -1.79. The molecule has 0 spiro atoms. The average molecular weight is 330 g/mol. The maximum Gasteiger partial charge on any atom is 0.229 e. The predicted molar refractivity (Wildman–Crippen MR) is 92.5 cm³/mol. The van der Waals surface area contributed by atoms with Crippen LogP contribution in [-0.2, 0) is 11.3 Å². The number of aryl methyl sites for hydroxylation is 2. The van der Waals surface area contributed by atoms with Gasteiger partial charge in [0.05, 0.1) is 17.1 Å². The van der Waals surface area contributed by atoms with Crippen molar-refractivity contribution in [2.45, 2.75) is 33.2 Å². The smallest absolute Gasteiger partial charge is 0.229 e. The normalized spacial score (nSPS) is 18.8. The average Bonchev–Trinajstić information content (AvgIpc) is 2.93. The second-order valence-electron chi connectivity index (χ2n) is 6.09. The number of carbonyl (C=O) groups excluding carboxylic acids is 1. The number of hydrogen-bond acceptors (Lipinski definition) is 5. The van der Waals surface area contributed by atoms with Crippen molar-refractivity contribution in [2.75, 3.05) is 18.4 Å². The zero-order valence-electron chi connectivity index (χ0n) is 13.6. The monoisotopic (exact) mass is 330 g/mol. The maximum atomic E-state index is 12.5. The molecule has 0 saturated carbocycles. The van der Waals surface area contributed by atoms with Gasteiger partial charge in [-0.1, -0.05) is 6.07 Å². The molecule has 1 fully saturated rings. The van der Waals surface area contributed by atoms with E-state index in [-0.39, 0.29) is 11.8 Å². The van der Waals surface area contributed by atoms with Gasteiger partial charge in [0.25, 0.3) is 0 Å². The lowest BCUT2D eigenvalue weighted by molar-refractivity contribution is -0.121. The molecule has 2 aromatic heterocycles. The van der Waals surface area contributed by atoms with Crippen LogP contribution in [0, 0.1) is 19.8 Å². The second kappa shape index (κ2) is 7.19. The molecule has 0 radical (unpaired) electrons.